The predicted octanol–water partition coefficient (Wildman–Crippen LogP) is 4.01. The normalized spacial score (nSPS) is 16.6. The van der Waals surface area contributed by atoms with Gasteiger partial charge >= 0.3 is 5.97 Å². The summed E-state index contributed by atoms with van der Waals surface area (Å²) in [6.45, 7) is 1.80. The molecule has 0 saturated heterocycles. The third-order valence-corrected chi connectivity index (χ3v) is 4.10. The number of ether oxygens (including phenoxy) is 1. The number of nitrogens with zero attached hydrogens (tertiary/aromatic N) is 1. The van der Waals surface area contributed by atoms with E-state index in [-0.39, 0.29) is 35.1 Å². The highest BCUT2D eigenvalue weighted by Gasteiger charge is 2.30. The lowest BCUT2D eigenvalue weighted by molar-refractivity contribution is -0.385. The van der Waals surface area contributed by atoms with Gasteiger partial charge in [-0.05, 0) is 25.8 Å². The number of allylic oxidation sites excluding steroid dienone is 1. The summed E-state index contributed by atoms with van der Waals surface area (Å²) in [4.78, 5) is 23.0. The molecule has 6 heteroatoms. The number of hydrogen-bond donors (Lipinski definition) is 1. The highest BCUT2D eigenvalue weighted by Crippen LogP contribution is 2.36. The number of nitro groups is 1. The molecule has 0 unspecified atom stereocenters. The third-order valence-electron chi connectivity index (χ3n) is 4.10. The first-order valence-corrected chi connectivity index (χ1v) is 7.90. The van der Waals surface area contributed by atoms with Crippen molar-refractivity contribution < 1.29 is 19.6 Å². The Morgan fingerprint density at radius 3 is 2.57 bits per heavy atom. The van der Waals surface area contributed by atoms with E-state index in [4.69, 9.17) is 4.74 Å². The van der Waals surface area contributed by atoms with Gasteiger partial charge in [-0.15, -0.1) is 0 Å². The Morgan fingerprint density at radius 2 is 1.96 bits per heavy atom. The molecular weight excluding hydrogens is 298 g/mol. The number of aliphatic hydroxyl groups excluding tert-OH is 1. The molecule has 124 valence electrons. The van der Waals surface area contributed by atoms with Gasteiger partial charge in [-0.25, -0.2) is 4.79 Å². The molecule has 0 atom stereocenters. The Bertz CT molecular complexity index is 617. The minimum absolute atomic E-state index is 0.0777. The Morgan fingerprint density at radius 1 is 1.30 bits per heavy atom. The molecule has 1 aliphatic carbocycles. The zero-order chi connectivity index (χ0) is 16.8. The lowest BCUT2D eigenvalue weighted by atomic mass is 9.85. The fourth-order valence-corrected chi connectivity index (χ4v) is 2.98. The summed E-state index contributed by atoms with van der Waals surface area (Å²) in [6.07, 6.45) is 4.60. The smallest absolute Gasteiger partial charge is 0.342 e. The van der Waals surface area contributed by atoms with Crippen LogP contribution >= 0.6 is 0 Å². The highest BCUT2D eigenvalue weighted by atomic mass is 16.6. The van der Waals surface area contributed by atoms with Crippen LogP contribution in [0.15, 0.2) is 30.0 Å². The number of para-hydroxylation sites is 1. The largest absolute Gasteiger partial charge is 0.511 e. The van der Waals surface area contributed by atoms with E-state index < -0.39 is 10.9 Å². The van der Waals surface area contributed by atoms with Gasteiger partial charge in [0.1, 0.15) is 11.3 Å². The topological polar surface area (TPSA) is 89.7 Å². The zero-order valence-electron chi connectivity index (χ0n) is 13.2. The molecule has 0 radical (unpaired) electrons. The monoisotopic (exact) mass is 319 g/mol. The Labute approximate surface area is 134 Å². The van der Waals surface area contributed by atoms with Crippen LogP contribution in [0.25, 0.3) is 5.57 Å². The standard InChI is InChI=1S/C17H21NO5/c1-2-23-17(20)15(16(19)12-8-4-3-5-9-12)13-10-6-7-11-14(13)18(21)22/h6-7,10-12,19H,2-5,8-9H2,1H3/b16-15+. The maximum atomic E-state index is 12.3. The van der Waals surface area contributed by atoms with Crippen LogP contribution in [0.1, 0.15) is 44.6 Å². The predicted molar refractivity (Wildman–Crippen MR) is 85.9 cm³/mol. The molecule has 1 N–H and O–H groups in total. The maximum Gasteiger partial charge on any atom is 0.342 e. The molecule has 0 aliphatic heterocycles. The number of aliphatic hydroxyl groups is 1. The molecule has 1 saturated carbocycles. The molecule has 0 amide bonds. The SMILES string of the molecule is CCOC(=O)/C(=C(/O)C1CCCCC1)c1ccccc1[N+](=O)[O-]. The first-order chi connectivity index (χ1) is 11.1. The molecule has 0 bridgehead atoms. The van der Waals surface area contributed by atoms with Gasteiger partial charge in [0.05, 0.1) is 17.1 Å². The van der Waals surface area contributed by atoms with Crippen LogP contribution in [0, 0.1) is 16.0 Å². The number of nitro benzene ring substituents is 1. The molecule has 0 aromatic heterocycles. The number of hydrogen-bond acceptors (Lipinski definition) is 5. The molecule has 6 nitrogen and oxygen atoms in total. The van der Waals surface area contributed by atoms with E-state index >= 15 is 0 Å². The van der Waals surface area contributed by atoms with Gasteiger partial charge in [-0.3, -0.25) is 10.1 Å². The molecule has 0 heterocycles. The van der Waals surface area contributed by atoms with E-state index in [0.29, 0.717) is 0 Å². The van der Waals surface area contributed by atoms with E-state index in [1.54, 1.807) is 13.0 Å². The summed E-state index contributed by atoms with van der Waals surface area (Å²) in [5.74, 6) is -0.953. The minimum Gasteiger partial charge on any atom is -0.511 e. The van der Waals surface area contributed by atoms with Crippen molar-refractivity contribution in [1.29, 1.82) is 0 Å². The van der Waals surface area contributed by atoms with Crippen LogP contribution in [0.5, 0.6) is 0 Å². The second-order valence-electron chi connectivity index (χ2n) is 5.59. The number of carbonyl (C=O) groups excluding carboxylic acids is 1. The van der Waals surface area contributed by atoms with Crippen molar-refractivity contribution in [2.24, 2.45) is 5.92 Å². The molecule has 1 aromatic carbocycles. The van der Waals surface area contributed by atoms with E-state index in [2.05, 4.69) is 0 Å². The zero-order valence-corrected chi connectivity index (χ0v) is 13.2. The summed E-state index contributed by atoms with van der Waals surface area (Å²) >= 11 is 0. The molecule has 0 spiro atoms. The number of rotatable bonds is 5. The van der Waals surface area contributed by atoms with Crippen molar-refractivity contribution in [3.63, 3.8) is 0 Å². The van der Waals surface area contributed by atoms with Crippen molar-refractivity contribution in [2.75, 3.05) is 6.61 Å². The summed E-state index contributed by atoms with van der Waals surface area (Å²) in [6, 6.07) is 5.93. The van der Waals surface area contributed by atoms with Crippen molar-refractivity contribution in [2.45, 2.75) is 39.0 Å². The minimum atomic E-state index is -0.718. The van der Waals surface area contributed by atoms with E-state index in [1.165, 1.54) is 18.2 Å². The van der Waals surface area contributed by atoms with Crippen LogP contribution in [-0.2, 0) is 9.53 Å². The van der Waals surface area contributed by atoms with Crippen LogP contribution in [0.2, 0.25) is 0 Å². The Balaban J connectivity index is 2.54. The Hall–Kier alpha value is -2.37. The first-order valence-electron chi connectivity index (χ1n) is 7.90. The molecule has 1 aromatic rings. The molecule has 23 heavy (non-hydrogen) atoms. The van der Waals surface area contributed by atoms with E-state index in [0.717, 1.165) is 32.1 Å². The number of esters is 1. The van der Waals surface area contributed by atoms with Gasteiger partial charge < -0.3 is 9.84 Å². The molecule has 2 rings (SSSR count). The van der Waals surface area contributed by atoms with Gasteiger partial charge in [0.2, 0.25) is 0 Å². The first kappa shape index (κ1) is 17.0. The molecular formula is C17H21NO5. The number of benzene rings is 1. The van der Waals surface area contributed by atoms with E-state index in [1.807, 2.05) is 0 Å². The quantitative estimate of drug-likeness (QED) is 0.291. The average Bonchev–Trinajstić information content (AvgIpc) is 2.56. The lowest BCUT2D eigenvalue weighted by Crippen LogP contribution is -2.17. The second kappa shape index (κ2) is 7.76. The summed E-state index contributed by atoms with van der Waals surface area (Å²) < 4.78 is 5.03. The Kier molecular flexibility index (Phi) is 5.73. The van der Waals surface area contributed by atoms with Crippen molar-refractivity contribution >= 4 is 17.2 Å². The van der Waals surface area contributed by atoms with Crippen LogP contribution in [0.3, 0.4) is 0 Å². The number of carbonyl (C=O) groups is 1. The van der Waals surface area contributed by atoms with Gasteiger partial charge in [0, 0.05) is 12.0 Å². The summed E-state index contributed by atoms with van der Waals surface area (Å²) in [5.41, 5.74) is -0.178. The summed E-state index contributed by atoms with van der Waals surface area (Å²) in [5, 5.41) is 21.9. The molecule has 1 aliphatic rings. The third kappa shape index (κ3) is 3.88. The van der Waals surface area contributed by atoms with Gasteiger partial charge in [0.15, 0.2) is 0 Å². The van der Waals surface area contributed by atoms with Crippen molar-refractivity contribution in [1.82, 2.24) is 0 Å². The van der Waals surface area contributed by atoms with Crippen molar-refractivity contribution in [3.05, 3.63) is 45.7 Å². The second-order valence-corrected chi connectivity index (χ2v) is 5.59. The van der Waals surface area contributed by atoms with E-state index in [9.17, 15) is 20.0 Å². The van der Waals surface area contributed by atoms with Crippen LogP contribution in [0.4, 0.5) is 5.69 Å². The van der Waals surface area contributed by atoms with Crippen LogP contribution < -0.4 is 0 Å². The fraction of sp³-hybridized carbons (Fsp3) is 0.471. The van der Waals surface area contributed by atoms with Gasteiger partial charge in [-0.1, -0.05) is 31.4 Å². The average molecular weight is 319 g/mol. The maximum absolute atomic E-state index is 12.3. The fourth-order valence-electron chi connectivity index (χ4n) is 2.98. The molecule has 1 fully saturated rings. The van der Waals surface area contributed by atoms with Crippen molar-refractivity contribution in [3.8, 4) is 0 Å². The summed E-state index contributed by atoms with van der Waals surface area (Å²) in [7, 11) is 0. The van der Waals surface area contributed by atoms with Gasteiger partial charge in [0.25, 0.3) is 5.69 Å². The lowest BCUT2D eigenvalue weighted by Gasteiger charge is -2.23. The van der Waals surface area contributed by atoms with Crippen LogP contribution in [-0.4, -0.2) is 22.6 Å². The highest BCUT2D eigenvalue weighted by molar-refractivity contribution is 6.18. The van der Waals surface area contributed by atoms with Gasteiger partial charge in [-0.2, -0.15) is 0 Å².